The lowest BCUT2D eigenvalue weighted by atomic mass is 10.1. The summed E-state index contributed by atoms with van der Waals surface area (Å²) in [6.07, 6.45) is 0. The van der Waals surface area contributed by atoms with Crippen LogP contribution in [-0.4, -0.2) is 35.9 Å². The van der Waals surface area contributed by atoms with E-state index in [4.69, 9.17) is 0 Å². The summed E-state index contributed by atoms with van der Waals surface area (Å²) in [6.45, 7) is 4.86. The van der Waals surface area contributed by atoms with Gasteiger partial charge in [-0.2, -0.15) is 0 Å². The lowest BCUT2D eigenvalue weighted by Gasteiger charge is -2.15. The summed E-state index contributed by atoms with van der Waals surface area (Å²) >= 11 is 0. The zero-order valence-corrected chi connectivity index (χ0v) is 10.8. The van der Waals surface area contributed by atoms with Crippen LogP contribution in [0.3, 0.4) is 0 Å². The van der Waals surface area contributed by atoms with Gasteiger partial charge in [-0.15, -0.1) is 0 Å². The molecule has 0 bridgehead atoms. The minimum Gasteiger partial charge on any atom is -0.380 e. The molecule has 1 amide bonds. The number of benzene rings is 1. The average molecular weight is 251 g/mol. The topological polar surface area (TPSA) is 75.5 Å². The van der Waals surface area contributed by atoms with Crippen LogP contribution in [0.4, 0.5) is 11.4 Å². The Bertz CT molecular complexity index is 460. The number of hydrogen-bond donors (Lipinski definition) is 1. The summed E-state index contributed by atoms with van der Waals surface area (Å²) in [5, 5.41) is 13.7. The maximum Gasteiger partial charge on any atom is 0.292 e. The molecule has 6 nitrogen and oxygen atoms in total. The SMILES string of the molecule is CCNc1cc(C(=O)N(C)CC)ccc1[N+](=O)[O-]. The summed E-state index contributed by atoms with van der Waals surface area (Å²) in [5.41, 5.74) is 0.798. The van der Waals surface area contributed by atoms with Crippen LogP contribution >= 0.6 is 0 Å². The molecule has 0 saturated heterocycles. The van der Waals surface area contributed by atoms with Gasteiger partial charge in [0.15, 0.2) is 0 Å². The first-order valence-electron chi connectivity index (χ1n) is 5.79. The van der Waals surface area contributed by atoms with Crippen molar-refractivity contribution in [2.45, 2.75) is 13.8 Å². The number of anilines is 1. The number of nitro benzene ring substituents is 1. The minimum absolute atomic E-state index is 0.0208. The van der Waals surface area contributed by atoms with Gasteiger partial charge in [0.25, 0.3) is 11.6 Å². The van der Waals surface area contributed by atoms with Crippen molar-refractivity contribution in [1.29, 1.82) is 0 Å². The summed E-state index contributed by atoms with van der Waals surface area (Å²) < 4.78 is 0. The molecule has 0 aliphatic heterocycles. The molecule has 0 saturated carbocycles. The third-order valence-electron chi connectivity index (χ3n) is 2.63. The molecule has 1 aromatic rings. The Morgan fingerprint density at radius 2 is 2.11 bits per heavy atom. The van der Waals surface area contributed by atoms with Crippen LogP contribution < -0.4 is 5.32 Å². The molecule has 0 aliphatic rings. The first-order valence-corrected chi connectivity index (χ1v) is 5.79. The van der Waals surface area contributed by atoms with Crippen molar-refractivity contribution < 1.29 is 9.72 Å². The van der Waals surface area contributed by atoms with Crippen molar-refractivity contribution in [2.75, 3.05) is 25.5 Å². The Kier molecular flexibility index (Phi) is 4.65. The predicted octanol–water partition coefficient (Wildman–Crippen LogP) is 2.12. The minimum atomic E-state index is -0.463. The van der Waals surface area contributed by atoms with Crippen molar-refractivity contribution in [3.05, 3.63) is 33.9 Å². The number of rotatable bonds is 5. The molecule has 0 unspecified atom stereocenters. The Balaban J connectivity index is 3.14. The zero-order chi connectivity index (χ0) is 13.7. The molecule has 0 heterocycles. The Hall–Kier alpha value is -2.11. The van der Waals surface area contributed by atoms with Gasteiger partial charge in [0, 0.05) is 31.8 Å². The van der Waals surface area contributed by atoms with E-state index >= 15 is 0 Å². The van der Waals surface area contributed by atoms with E-state index in [9.17, 15) is 14.9 Å². The number of hydrogen-bond acceptors (Lipinski definition) is 4. The lowest BCUT2D eigenvalue weighted by Crippen LogP contribution is -2.26. The molecule has 6 heteroatoms. The van der Waals surface area contributed by atoms with Crippen molar-refractivity contribution >= 4 is 17.3 Å². The molecule has 1 N–H and O–H groups in total. The fourth-order valence-electron chi connectivity index (χ4n) is 1.52. The average Bonchev–Trinajstić information content (AvgIpc) is 2.37. The van der Waals surface area contributed by atoms with Crippen LogP contribution in [0.1, 0.15) is 24.2 Å². The molecular weight excluding hydrogens is 234 g/mol. The van der Waals surface area contributed by atoms with Gasteiger partial charge in [0.1, 0.15) is 5.69 Å². The fourth-order valence-corrected chi connectivity index (χ4v) is 1.52. The van der Waals surface area contributed by atoms with Crippen LogP contribution in [0.15, 0.2) is 18.2 Å². The largest absolute Gasteiger partial charge is 0.380 e. The quantitative estimate of drug-likeness (QED) is 0.642. The van der Waals surface area contributed by atoms with E-state index in [2.05, 4.69) is 5.32 Å². The van der Waals surface area contributed by atoms with E-state index in [0.717, 1.165) is 0 Å². The van der Waals surface area contributed by atoms with Gasteiger partial charge in [-0.25, -0.2) is 0 Å². The number of carbonyl (C=O) groups excluding carboxylic acids is 1. The van der Waals surface area contributed by atoms with Gasteiger partial charge in [0.05, 0.1) is 4.92 Å². The van der Waals surface area contributed by atoms with Crippen LogP contribution in [0.2, 0.25) is 0 Å². The number of nitrogens with zero attached hydrogens (tertiary/aromatic N) is 2. The summed E-state index contributed by atoms with van der Waals surface area (Å²) in [5.74, 6) is -0.147. The molecule has 0 radical (unpaired) electrons. The van der Waals surface area contributed by atoms with Crippen LogP contribution in [0.5, 0.6) is 0 Å². The Morgan fingerprint density at radius 1 is 1.44 bits per heavy atom. The normalized spacial score (nSPS) is 9.94. The first kappa shape index (κ1) is 14.0. The van der Waals surface area contributed by atoms with Crippen molar-refractivity contribution in [2.24, 2.45) is 0 Å². The third-order valence-corrected chi connectivity index (χ3v) is 2.63. The van der Waals surface area contributed by atoms with Crippen molar-refractivity contribution in [3.8, 4) is 0 Å². The summed E-state index contributed by atoms with van der Waals surface area (Å²) in [4.78, 5) is 23.9. The smallest absolute Gasteiger partial charge is 0.292 e. The Labute approximate surface area is 106 Å². The maximum absolute atomic E-state index is 11.9. The summed E-state index contributed by atoms with van der Waals surface area (Å²) in [6, 6.07) is 4.36. The lowest BCUT2D eigenvalue weighted by molar-refractivity contribution is -0.384. The van der Waals surface area contributed by atoms with Gasteiger partial charge in [-0.3, -0.25) is 14.9 Å². The molecule has 18 heavy (non-hydrogen) atoms. The Morgan fingerprint density at radius 3 is 2.61 bits per heavy atom. The van der Waals surface area contributed by atoms with Gasteiger partial charge in [0.2, 0.25) is 0 Å². The second kappa shape index (κ2) is 6.00. The van der Waals surface area contributed by atoms with E-state index in [-0.39, 0.29) is 11.6 Å². The molecule has 0 spiro atoms. The highest BCUT2D eigenvalue weighted by Gasteiger charge is 2.17. The molecule has 1 rings (SSSR count). The first-order chi connectivity index (χ1) is 8.51. The second-order valence-corrected chi connectivity index (χ2v) is 3.84. The number of carbonyl (C=O) groups is 1. The molecule has 0 fully saturated rings. The third kappa shape index (κ3) is 2.97. The zero-order valence-electron chi connectivity index (χ0n) is 10.8. The van der Waals surface area contributed by atoms with Crippen LogP contribution in [-0.2, 0) is 0 Å². The van der Waals surface area contributed by atoms with Gasteiger partial charge < -0.3 is 10.2 Å². The van der Waals surface area contributed by atoms with Gasteiger partial charge in [-0.05, 0) is 26.0 Å². The monoisotopic (exact) mass is 251 g/mol. The highest BCUT2D eigenvalue weighted by atomic mass is 16.6. The fraction of sp³-hybridized carbons (Fsp3) is 0.417. The molecule has 0 aromatic heterocycles. The van der Waals surface area contributed by atoms with E-state index in [0.29, 0.717) is 24.3 Å². The number of nitrogens with one attached hydrogen (secondary N) is 1. The number of amides is 1. The maximum atomic E-state index is 11.9. The molecule has 0 atom stereocenters. The van der Waals surface area contributed by atoms with Gasteiger partial charge >= 0.3 is 0 Å². The van der Waals surface area contributed by atoms with E-state index in [1.54, 1.807) is 11.9 Å². The standard InChI is InChI=1S/C12H17N3O3/c1-4-13-10-8-9(12(16)14(3)5-2)6-7-11(10)15(17)18/h6-8,13H,4-5H2,1-3H3. The van der Waals surface area contributed by atoms with E-state index in [1.165, 1.54) is 18.2 Å². The van der Waals surface area contributed by atoms with Crippen LogP contribution in [0.25, 0.3) is 0 Å². The predicted molar refractivity (Wildman–Crippen MR) is 69.9 cm³/mol. The molecule has 1 aromatic carbocycles. The molecular formula is C12H17N3O3. The molecule has 98 valence electrons. The van der Waals surface area contributed by atoms with E-state index < -0.39 is 4.92 Å². The van der Waals surface area contributed by atoms with Crippen LogP contribution in [0, 0.1) is 10.1 Å². The summed E-state index contributed by atoms with van der Waals surface area (Å²) in [7, 11) is 1.69. The van der Waals surface area contributed by atoms with E-state index in [1.807, 2.05) is 13.8 Å². The molecule has 0 aliphatic carbocycles. The highest BCUT2D eigenvalue weighted by molar-refractivity contribution is 5.95. The second-order valence-electron chi connectivity index (χ2n) is 3.84. The number of nitro groups is 1. The highest BCUT2D eigenvalue weighted by Crippen LogP contribution is 2.25. The van der Waals surface area contributed by atoms with Crippen molar-refractivity contribution in [3.63, 3.8) is 0 Å². The van der Waals surface area contributed by atoms with Gasteiger partial charge in [-0.1, -0.05) is 0 Å². The van der Waals surface area contributed by atoms with Crippen molar-refractivity contribution in [1.82, 2.24) is 4.90 Å².